The molecule has 1 unspecified atom stereocenters. The van der Waals surface area contributed by atoms with Crippen LogP contribution in [0.3, 0.4) is 0 Å². The van der Waals surface area contributed by atoms with Crippen LogP contribution in [0.1, 0.15) is 24.8 Å². The van der Waals surface area contributed by atoms with Gasteiger partial charge in [0.2, 0.25) is 5.91 Å². The first-order valence-corrected chi connectivity index (χ1v) is 7.51. The standard InChI is InChI=1S/C16H19ClFNO2/c17-14-4-1-5-15(18)13(14)6-7-16(21)19-9-2-3-12(11-19)8-10-20/h1,4-7,12,20H,2-3,8-11H2. The summed E-state index contributed by atoms with van der Waals surface area (Å²) in [6, 6.07) is 4.43. The van der Waals surface area contributed by atoms with Gasteiger partial charge in [-0.05, 0) is 43.4 Å². The Morgan fingerprint density at radius 3 is 3.05 bits per heavy atom. The van der Waals surface area contributed by atoms with Gasteiger partial charge >= 0.3 is 0 Å². The summed E-state index contributed by atoms with van der Waals surface area (Å²) in [5, 5.41) is 9.27. The van der Waals surface area contributed by atoms with Gasteiger partial charge in [0.25, 0.3) is 0 Å². The van der Waals surface area contributed by atoms with Gasteiger partial charge in [-0.3, -0.25) is 4.79 Å². The minimum Gasteiger partial charge on any atom is -0.396 e. The number of nitrogens with zero attached hydrogens (tertiary/aromatic N) is 1. The van der Waals surface area contributed by atoms with Gasteiger partial charge in [0.15, 0.2) is 0 Å². The third kappa shape index (κ3) is 4.29. The fourth-order valence-corrected chi connectivity index (χ4v) is 2.84. The van der Waals surface area contributed by atoms with E-state index in [-0.39, 0.29) is 23.1 Å². The number of rotatable bonds is 4. The molecule has 1 N–H and O–H groups in total. The molecule has 1 aromatic rings. The SMILES string of the molecule is O=C(C=Cc1c(F)cccc1Cl)N1CCCC(CCO)C1. The molecule has 0 radical (unpaired) electrons. The molecule has 0 bridgehead atoms. The quantitative estimate of drug-likeness (QED) is 0.868. The van der Waals surface area contributed by atoms with Gasteiger partial charge < -0.3 is 10.0 Å². The molecule has 1 atom stereocenters. The van der Waals surface area contributed by atoms with Crippen LogP contribution in [0.4, 0.5) is 4.39 Å². The molecule has 1 fully saturated rings. The lowest BCUT2D eigenvalue weighted by molar-refractivity contribution is -0.127. The van der Waals surface area contributed by atoms with Crippen LogP contribution < -0.4 is 0 Å². The monoisotopic (exact) mass is 311 g/mol. The zero-order valence-corrected chi connectivity index (χ0v) is 12.5. The van der Waals surface area contributed by atoms with Crippen molar-refractivity contribution in [2.45, 2.75) is 19.3 Å². The maximum atomic E-state index is 13.6. The maximum absolute atomic E-state index is 13.6. The van der Waals surface area contributed by atoms with Gasteiger partial charge in [0, 0.05) is 31.3 Å². The highest BCUT2D eigenvalue weighted by Gasteiger charge is 2.21. The number of likely N-dealkylation sites (tertiary alicyclic amines) is 1. The highest BCUT2D eigenvalue weighted by atomic mass is 35.5. The molecule has 0 spiro atoms. The molecule has 1 amide bonds. The van der Waals surface area contributed by atoms with Crippen LogP contribution in [0.25, 0.3) is 6.08 Å². The van der Waals surface area contributed by atoms with E-state index in [9.17, 15) is 9.18 Å². The molecule has 5 heteroatoms. The van der Waals surface area contributed by atoms with Gasteiger partial charge in [-0.1, -0.05) is 17.7 Å². The van der Waals surface area contributed by atoms with Gasteiger partial charge in [-0.25, -0.2) is 4.39 Å². The number of carbonyl (C=O) groups excluding carboxylic acids is 1. The Morgan fingerprint density at radius 1 is 1.52 bits per heavy atom. The summed E-state index contributed by atoms with van der Waals surface area (Å²) in [6.07, 6.45) is 5.48. The minimum absolute atomic E-state index is 0.142. The number of benzene rings is 1. The van der Waals surface area contributed by atoms with E-state index in [1.54, 1.807) is 11.0 Å². The van der Waals surface area contributed by atoms with E-state index in [0.29, 0.717) is 25.4 Å². The minimum atomic E-state index is -0.441. The van der Waals surface area contributed by atoms with E-state index in [4.69, 9.17) is 16.7 Å². The van der Waals surface area contributed by atoms with Gasteiger partial charge in [-0.2, -0.15) is 0 Å². The van der Waals surface area contributed by atoms with E-state index in [0.717, 1.165) is 12.8 Å². The van der Waals surface area contributed by atoms with Gasteiger partial charge in [-0.15, -0.1) is 0 Å². The van der Waals surface area contributed by atoms with Crippen LogP contribution in [0.2, 0.25) is 5.02 Å². The Kier molecular flexibility index (Phi) is 5.76. The first-order chi connectivity index (χ1) is 10.1. The van der Waals surface area contributed by atoms with Crippen LogP contribution in [0.15, 0.2) is 24.3 Å². The van der Waals surface area contributed by atoms with E-state index < -0.39 is 5.82 Å². The molecule has 1 saturated heterocycles. The predicted octanol–water partition coefficient (Wildman–Crippen LogP) is 3.11. The van der Waals surface area contributed by atoms with Crippen molar-refractivity contribution in [2.75, 3.05) is 19.7 Å². The number of hydrogen-bond donors (Lipinski definition) is 1. The number of aliphatic hydroxyl groups excluding tert-OH is 1. The second-order valence-corrected chi connectivity index (χ2v) is 5.68. The summed E-state index contributed by atoms with van der Waals surface area (Å²) in [5.41, 5.74) is 0.233. The number of carbonyl (C=O) groups is 1. The molecule has 1 aliphatic heterocycles. The Hall–Kier alpha value is -1.39. The lowest BCUT2D eigenvalue weighted by Crippen LogP contribution is -2.39. The second kappa shape index (κ2) is 7.57. The fourth-order valence-electron chi connectivity index (χ4n) is 2.61. The fraction of sp³-hybridized carbons (Fsp3) is 0.438. The number of aliphatic hydroxyl groups is 1. The molecular weight excluding hydrogens is 293 g/mol. The average Bonchev–Trinajstić information content (AvgIpc) is 2.47. The molecule has 3 nitrogen and oxygen atoms in total. The molecular formula is C16H19ClFNO2. The van der Waals surface area contributed by atoms with Gasteiger partial charge in [0.05, 0.1) is 5.02 Å². The summed E-state index contributed by atoms with van der Waals surface area (Å²) in [7, 11) is 0. The summed E-state index contributed by atoms with van der Waals surface area (Å²) >= 11 is 5.92. The van der Waals surface area contributed by atoms with Crippen LogP contribution in [-0.2, 0) is 4.79 Å². The Labute approximate surface area is 129 Å². The number of amides is 1. The van der Waals surface area contributed by atoms with Crippen molar-refractivity contribution >= 4 is 23.6 Å². The van der Waals surface area contributed by atoms with E-state index in [2.05, 4.69) is 0 Å². The maximum Gasteiger partial charge on any atom is 0.246 e. The Balaban J connectivity index is 2.02. The van der Waals surface area contributed by atoms with Crippen LogP contribution in [0, 0.1) is 11.7 Å². The smallest absolute Gasteiger partial charge is 0.246 e. The normalized spacial score (nSPS) is 19.2. The molecule has 1 aromatic carbocycles. The van der Waals surface area contributed by atoms with Crippen LogP contribution in [-0.4, -0.2) is 35.6 Å². The van der Waals surface area contributed by atoms with Crippen LogP contribution in [0.5, 0.6) is 0 Å². The number of halogens is 2. The topological polar surface area (TPSA) is 40.5 Å². The molecule has 2 rings (SSSR count). The first-order valence-electron chi connectivity index (χ1n) is 7.13. The molecule has 114 valence electrons. The van der Waals surface area contributed by atoms with Crippen molar-refractivity contribution in [3.63, 3.8) is 0 Å². The summed E-state index contributed by atoms with van der Waals surface area (Å²) in [5.74, 6) is -0.238. The van der Waals surface area contributed by atoms with Crippen LogP contribution >= 0.6 is 11.6 Å². The van der Waals surface area contributed by atoms with Crippen molar-refractivity contribution in [1.82, 2.24) is 4.90 Å². The number of piperidine rings is 1. The lowest BCUT2D eigenvalue weighted by Gasteiger charge is -2.31. The highest BCUT2D eigenvalue weighted by molar-refractivity contribution is 6.32. The lowest BCUT2D eigenvalue weighted by atomic mass is 9.95. The summed E-state index contributed by atoms with van der Waals surface area (Å²) in [4.78, 5) is 13.9. The molecule has 0 aliphatic carbocycles. The van der Waals surface area contributed by atoms with E-state index in [1.807, 2.05) is 0 Å². The molecule has 1 aliphatic rings. The third-order valence-corrected chi connectivity index (χ3v) is 4.09. The summed E-state index contributed by atoms with van der Waals surface area (Å²) < 4.78 is 13.6. The largest absolute Gasteiger partial charge is 0.396 e. The average molecular weight is 312 g/mol. The highest BCUT2D eigenvalue weighted by Crippen LogP contribution is 2.22. The predicted molar refractivity (Wildman–Crippen MR) is 81.5 cm³/mol. The molecule has 21 heavy (non-hydrogen) atoms. The first kappa shape index (κ1) is 16.0. The second-order valence-electron chi connectivity index (χ2n) is 5.27. The van der Waals surface area contributed by atoms with Crippen molar-refractivity contribution < 1.29 is 14.3 Å². The zero-order chi connectivity index (χ0) is 15.2. The van der Waals surface area contributed by atoms with E-state index >= 15 is 0 Å². The number of hydrogen-bond acceptors (Lipinski definition) is 2. The molecule has 1 heterocycles. The Morgan fingerprint density at radius 2 is 2.33 bits per heavy atom. The van der Waals surface area contributed by atoms with E-state index in [1.165, 1.54) is 24.3 Å². The zero-order valence-electron chi connectivity index (χ0n) is 11.8. The van der Waals surface area contributed by atoms with Gasteiger partial charge in [0.1, 0.15) is 5.82 Å². The van der Waals surface area contributed by atoms with Crippen molar-refractivity contribution in [3.05, 3.63) is 40.7 Å². The van der Waals surface area contributed by atoms with Crippen molar-refractivity contribution in [1.29, 1.82) is 0 Å². The van der Waals surface area contributed by atoms with Crippen molar-refractivity contribution in [2.24, 2.45) is 5.92 Å². The molecule has 0 saturated carbocycles. The van der Waals surface area contributed by atoms with Crippen molar-refractivity contribution in [3.8, 4) is 0 Å². The third-order valence-electron chi connectivity index (χ3n) is 3.76. The Bertz CT molecular complexity index is 511. The summed E-state index contributed by atoms with van der Waals surface area (Å²) in [6.45, 7) is 1.50. The molecule has 0 aromatic heterocycles.